The maximum atomic E-state index is 12.6. The second-order valence-corrected chi connectivity index (χ2v) is 24.3. The zero-order valence-electron chi connectivity index (χ0n) is 46.4. The molecule has 5 nitrogen and oxygen atoms in total. The molecule has 0 aliphatic heterocycles. The summed E-state index contributed by atoms with van der Waals surface area (Å²) in [6.07, 6.45) is 0. The molecule has 0 N–H and O–H groups in total. The first kappa shape index (κ1) is 49.1. The number of thiophene rings is 2. The van der Waals surface area contributed by atoms with Crippen LogP contribution in [0.5, 0.6) is 0 Å². The van der Waals surface area contributed by atoms with Gasteiger partial charge in [0, 0.05) is 80.0 Å². The highest BCUT2D eigenvalue weighted by atomic mass is 32.1. The van der Waals surface area contributed by atoms with Gasteiger partial charge >= 0.3 is 0 Å². The molecule has 0 radical (unpaired) electrons. The van der Waals surface area contributed by atoms with Crippen molar-refractivity contribution in [1.29, 1.82) is 10.5 Å². The molecule has 13 aromatic carbocycles. The van der Waals surface area contributed by atoms with Crippen LogP contribution >= 0.6 is 22.7 Å². The fraction of sp³-hybridized carbons (Fsp3) is 0. The Labute approximate surface area is 506 Å². The first-order valence-electron chi connectivity index (χ1n) is 29.1. The summed E-state index contributed by atoms with van der Waals surface area (Å²) in [5.74, 6) is 0. The average molecular weight is 1140 g/mol. The van der Waals surface area contributed by atoms with E-state index in [0.717, 1.165) is 125 Å². The maximum absolute atomic E-state index is 12.6. The van der Waals surface area contributed by atoms with Gasteiger partial charge in [0.15, 0.2) is 0 Å². The second kappa shape index (κ2) is 19.1. The molecule has 87 heavy (non-hydrogen) atoms. The molecule has 0 spiro atoms. The third-order valence-electron chi connectivity index (χ3n) is 17.8. The predicted molar refractivity (Wildman–Crippen MR) is 365 cm³/mol. The highest BCUT2D eigenvalue weighted by Gasteiger charge is 2.34. The van der Waals surface area contributed by atoms with Gasteiger partial charge in [0.1, 0.15) is 23.3 Å². The van der Waals surface area contributed by atoms with Gasteiger partial charge in [-0.05, 0) is 57.1 Å². The van der Waals surface area contributed by atoms with Crippen LogP contribution in [0.15, 0.2) is 271 Å². The van der Waals surface area contributed by atoms with E-state index in [1.165, 1.54) is 31.3 Å². The summed E-state index contributed by atoms with van der Waals surface area (Å²) in [6, 6.07) is 99.9. The van der Waals surface area contributed by atoms with Crippen LogP contribution in [-0.4, -0.2) is 9.13 Å². The topological polar surface area (TPSA) is 70.6 Å². The van der Waals surface area contributed by atoms with Crippen LogP contribution < -0.4 is 0 Å². The van der Waals surface area contributed by atoms with Crippen LogP contribution in [0.25, 0.3) is 173 Å². The summed E-state index contributed by atoms with van der Waals surface area (Å²) >= 11 is 3.62. The molecule has 0 saturated heterocycles. The summed E-state index contributed by atoms with van der Waals surface area (Å²) < 4.78 is 16.2. The van der Waals surface area contributed by atoms with Gasteiger partial charge in [-0.15, -0.1) is 22.7 Å². The molecule has 5 aromatic heterocycles. The number of furan rings is 1. The SMILES string of the molecule is N#Cc1c(-c2ccccc2)c(C#N)c(-n2c3c(ccc4c5cccc(-c6ccccc6)c5sc43)c3ccc4c5cccc(-c6ccccc6)c5sc4c32)c(-c2ccccc2)c1-n1c2ccccc2c2c(-c3cccc4c3oc3ccccc34)cccc21. The van der Waals surface area contributed by atoms with Crippen molar-refractivity contribution in [3.05, 3.63) is 278 Å². The summed E-state index contributed by atoms with van der Waals surface area (Å²) in [4.78, 5) is 0. The van der Waals surface area contributed by atoms with E-state index in [1.807, 2.05) is 71.2 Å². The number of hydrogen-bond donors (Lipinski definition) is 0. The molecular formula is C80H44N4OS2. The number of fused-ring (bicyclic) bond motifs is 17. The Morgan fingerprint density at radius 2 is 0.713 bits per heavy atom. The third-order valence-corrected chi connectivity index (χ3v) is 20.3. The molecule has 402 valence electrons. The number of aromatic nitrogens is 2. The molecule has 0 aliphatic carbocycles. The first-order chi connectivity index (χ1) is 43.1. The molecule has 18 rings (SSSR count). The van der Waals surface area contributed by atoms with Gasteiger partial charge < -0.3 is 13.6 Å². The van der Waals surface area contributed by atoms with E-state index in [9.17, 15) is 10.5 Å². The molecule has 0 atom stereocenters. The molecule has 7 heteroatoms. The molecule has 0 aliphatic rings. The quantitative estimate of drug-likeness (QED) is 0.160. The number of benzene rings is 13. The minimum Gasteiger partial charge on any atom is -0.455 e. The molecule has 18 aromatic rings. The van der Waals surface area contributed by atoms with Crippen LogP contribution in [0, 0.1) is 22.7 Å². The minimum atomic E-state index is 0.396. The number of nitrogens with zero attached hydrogens (tertiary/aromatic N) is 4. The fourth-order valence-corrected chi connectivity index (χ4v) is 17.0. The smallest absolute Gasteiger partial charge is 0.143 e. The van der Waals surface area contributed by atoms with Crippen LogP contribution in [0.1, 0.15) is 11.1 Å². The standard InChI is InChI=1S/C80H44N4OS2/c81-45-64-69(49-25-9-3-10-26-49)65(46-82)73(70(50-27-11-4-12-28-50)72(64)83-66-38-15-13-30-63(66)71-54(33-20-39-67(71)83)58-35-19-34-57-53-29-14-16-40-68(53)85-76(57)58)84-74-55(41-43-61-59-36-17-31-51(77(59)86-79(61)74)47-21-5-1-6-22-47)56-42-44-62-60-37-18-32-52(48-23-7-2-8-24-48)78(60)87-80(62)75(56)84/h1-44H. The Hall–Kier alpha value is -11.3. The van der Waals surface area contributed by atoms with Gasteiger partial charge in [0.05, 0.1) is 54.0 Å². The minimum absolute atomic E-state index is 0.396. The average Bonchev–Trinajstić information content (AvgIpc) is 1.61. The van der Waals surface area contributed by atoms with Gasteiger partial charge in [-0.3, -0.25) is 0 Å². The van der Waals surface area contributed by atoms with Gasteiger partial charge in [-0.2, -0.15) is 10.5 Å². The number of rotatable bonds is 7. The molecular weight excluding hydrogens is 1100 g/mol. The van der Waals surface area contributed by atoms with Gasteiger partial charge in [0.2, 0.25) is 0 Å². The number of hydrogen-bond acceptors (Lipinski definition) is 5. The Kier molecular flexibility index (Phi) is 10.8. The Balaban J connectivity index is 1.08. The molecule has 0 bridgehead atoms. The van der Waals surface area contributed by atoms with E-state index in [-0.39, 0.29) is 0 Å². The van der Waals surface area contributed by atoms with Crippen molar-refractivity contribution in [3.63, 3.8) is 0 Å². The van der Waals surface area contributed by atoms with E-state index >= 15 is 0 Å². The summed E-state index contributed by atoms with van der Waals surface area (Å²) in [6.45, 7) is 0. The number of nitriles is 2. The van der Waals surface area contributed by atoms with Crippen LogP contribution in [0.4, 0.5) is 0 Å². The first-order valence-corrected chi connectivity index (χ1v) is 30.7. The van der Waals surface area contributed by atoms with Crippen LogP contribution in [0.2, 0.25) is 0 Å². The summed E-state index contributed by atoms with van der Waals surface area (Å²) in [7, 11) is 0. The molecule has 0 saturated carbocycles. The van der Waals surface area contributed by atoms with Crippen LogP contribution in [-0.2, 0) is 0 Å². The largest absolute Gasteiger partial charge is 0.455 e. The van der Waals surface area contributed by atoms with Gasteiger partial charge in [-0.1, -0.05) is 249 Å². The van der Waals surface area contributed by atoms with Crippen molar-refractivity contribution in [3.8, 4) is 79.1 Å². The maximum Gasteiger partial charge on any atom is 0.143 e. The molecule has 0 amide bonds. The Morgan fingerprint density at radius 3 is 1.29 bits per heavy atom. The third kappa shape index (κ3) is 7.04. The highest BCUT2D eigenvalue weighted by Crippen LogP contribution is 2.54. The molecule has 5 heterocycles. The lowest BCUT2D eigenvalue weighted by Gasteiger charge is -2.25. The zero-order chi connectivity index (χ0) is 57.4. The lowest BCUT2D eigenvalue weighted by Crippen LogP contribution is -2.11. The Bertz CT molecular complexity index is 5840. The van der Waals surface area contributed by atoms with Crippen molar-refractivity contribution in [2.45, 2.75) is 0 Å². The Morgan fingerprint density at radius 1 is 0.299 bits per heavy atom. The fourth-order valence-electron chi connectivity index (χ4n) is 14.2. The summed E-state index contributed by atoms with van der Waals surface area (Å²) in [5.41, 5.74) is 17.3. The van der Waals surface area contributed by atoms with Crippen molar-refractivity contribution in [2.24, 2.45) is 0 Å². The van der Waals surface area contributed by atoms with E-state index in [0.29, 0.717) is 28.1 Å². The van der Waals surface area contributed by atoms with Gasteiger partial charge in [0.25, 0.3) is 0 Å². The van der Waals surface area contributed by atoms with Crippen molar-refractivity contribution < 1.29 is 4.42 Å². The molecule has 0 unspecified atom stereocenters. The number of para-hydroxylation sites is 3. The second-order valence-electron chi connectivity index (χ2n) is 22.3. The van der Waals surface area contributed by atoms with E-state index in [4.69, 9.17) is 4.42 Å². The van der Waals surface area contributed by atoms with Crippen molar-refractivity contribution in [2.75, 3.05) is 0 Å². The summed E-state index contributed by atoms with van der Waals surface area (Å²) in [5, 5.41) is 35.8. The lowest BCUT2D eigenvalue weighted by molar-refractivity contribution is 0.670. The highest BCUT2D eigenvalue weighted by molar-refractivity contribution is 7.28. The normalized spacial score (nSPS) is 11.9. The van der Waals surface area contributed by atoms with Crippen LogP contribution in [0.3, 0.4) is 0 Å². The monoisotopic (exact) mass is 1140 g/mol. The van der Waals surface area contributed by atoms with Crippen molar-refractivity contribution in [1.82, 2.24) is 9.13 Å². The predicted octanol–water partition coefficient (Wildman–Crippen LogP) is 22.6. The van der Waals surface area contributed by atoms with E-state index in [1.54, 1.807) is 0 Å². The zero-order valence-corrected chi connectivity index (χ0v) is 48.1. The lowest BCUT2D eigenvalue weighted by atomic mass is 9.86. The van der Waals surface area contributed by atoms with E-state index in [2.05, 4.69) is 240 Å². The van der Waals surface area contributed by atoms with Crippen molar-refractivity contribution >= 4 is 129 Å². The molecule has 0 fully saturated rings. The van der Waals surface area contributed by atoms with Gasteiger partial charge in [-0.25, -0.2) is 0 Å². The van der Waals surface area contributed by atoms with E-state index < -0.39 is 0 Å².